The molecule has 0 bridgehead atoms. The minimum absolute atomic E-state index is 0.0507. The van der Waals surface area contributed by atoms with Crippen molar-refractivity contribution in [2.45, 2.75) is 24.3 Å². The number of nitrogens with one attached hydrogen (secondary N) is 1. The molecule has 0 aliphatic heterocycles. The van der Waals surface area contributed by atoms with E-state index < -0.39 is 21.1 Å². The number of aliphatic hydroxyl groups excluding tert-OH is 1. The second-order valence-corrected chi connectivity index (χ2v) is 6.50. The SMILES string of the molecule is CC(O)CCNS(=O)(=O)c1cc([N+](=O)[O-])ccc1Br. The van der Waals surface area contributed by atoms with Crippen molar-refractivity contribution in [2.24, 2.45) is 0 Å². The zero-order valence-corrected chi connectivity index (χ0v) is 12.4. The number of benzene rings is 1. The number of hydrogen-bond acceptors (Lipinski definition) is 5. The van der Waals surface area contributed by atoms with Crippen molar-refractivity contribution in [3.8, 4) is 0 Å². The van der Waals surface area contributed by atoms with E-state index in [4.69, 9.17) is 5.11 Å². The number of sulfonamides is 1. The van der Waals surface area contributed by atoms with Crippen LogP contribution in [0.15, 0.2) is 27.6 Å². The van der Waals surface area contributed by atoms with Gasteiger partial charge in [-0.2, -0.15) is 0 Å². The van der Waals surface area contributed by atoms with Crippen molar-refractivity contribution in [1.82, 2.24) is 4.72 Å². The molecule has 9 heteroatoms. The number of non-ortho nitro benzene ring substituents is 1. The quantitative estimate of drug-likeness (QED) is 0.594. The van der Waals surface area contributed by atoms with Crippen LogP contribution in [-0.4, -0.2) is 31.1 Å². The monoisotopic (exact) mass is 352 g/mol. The summed E-state index contributed by atoms with van der Waals surface area (Å²) in [5, 5.41) is 19.7. The molecule has 1 aromatic rings. The Morgan fingerprint density at radius 1 is 1.53 bits per heavy atom. The van der Waals surface area contributed by atoms with Crippen molar-refractivity contribution in [2.75, 3.05) is 6.54 Å². The van der Waals surface area contributed by atoms with Gasteiger partial charge in [0.25, 0.3) is 5.69 Å². The fraction of sp³-hybridized carbons (Fsp3) is 0.400. The first-order chi connectivity index (χ1) is 8.74. The van der Waals surface area contributed by atoms with Gasteiger partial charge in [-0.3, -0.25) is 10.1 Å². The van der Waals surface area contributed by atoms with E-state index in [2.05, 4.69) is 20.7 Å². The van der Waals surface area contributed by atoms with Crippen LogP contribution in [0.1, 0.15) is 13.3 Å². The fourth-order valence-corrected chi connectivity index (χ4v) is 3.32. The second-order valence-electron chi connectivity index (χ2n) is 3.91. The van der Waals surface area contributed by atoms with E-state index in [-0.39, 0.29) is 28.0 Å². The largest absolute Gasteiger partial charge is 0.393 e. The molecule has 0 saturated carbocycles. The van der Waals surface area contributed by atoms with E-state index in [1.165, 1.54) is 19.1 Å². The van der Waals surface area contributed by atoms with E-state index in [0.717, 1.165) is 6.07 Å². The lowest BCUT2D eigenvalue weighted by molar-refractivity contribution is -0.385. The highest BCUT2D eigenvalue weighted by molar-refractivity contribution is 9.10. The molecule has 0 radical (unpaired) electrons. The molecule has 1 unspecified atom stereocenters. The predicted octanol–water partition coefficient (Wildman–Crippen LogP) is 1.41. The smallest absolute Gasteiger partial charge is 0.270 e. The first-order valence-electron chi connectivity index (χ1n) is 5.35. The van der Waals surface area contributed by atoms with Gasteiger partial charge in [0.2, 0.25) is 10.0 Å². The minimum Gasteiger partial charge on any atom is -0.393 e. The van der Waals surface area contributed by atoms with E-state index in [0.29, 0.717) is 0 Å². The van der Waals surface area contributed by atoms with Crippen LogP contribution in [0.4, 0.5) is 5.69 Å². The maximum absolute atomic E-state index is 12.0. The van der Waals surface area contributed by atoms with Gasteiger partial charge in [-0.1, -0.05) is 0 Å². The fourth-order valence-electron chi connectivity index (χ4n) is 1.29. The average Bonchev–Trinajstić information content (AvgIpc) is 2.28. The topological polar surface area (TPSA) is 110 Å². The van der Waals surface area contributed by atoms with Gasteiger partial charge in [0.05, 0.1) is 11.0 Å². The molecular formula is C10H13BrN2O5S. The van der Waals surface area contributed by atoms with Gasteiger partial charge < -0.3 is 5.11 Å². The lowest BCUT2D eigenvalue weighted by atomic mass is 10.3. The molecule has 2 N–H and O–H groups in total. The molecule has 19 heavy (non-hydrogen) atoms. The summed E-state index contributed by atoms with van der Waals surface area (Å²) in [5.74, 6) is 0. The van der Waals surface area contributed by atoms with Gasteiger partial charge in [0, 0.05) is 23.2 Å². The van der Waals surface area contributed by atoms with Gasteiger partial charge in [-0.25, -0.2) is 13.1 Å². The standard InChI is InChI=1S/C10H13BrN2O5S/c1-7(14)4-5-12-19(17,18)10-6-8(13(15)16)2-3-9(10)11/h2-3,6-7,12,14H,4-5H2,1H3. The molecule has 0 aliphatic rings. The van der Waals surface area contributed by atoms with Crippen LogP contribution in [0.25, 0.3) is 0 Å². The van der Waals surface area contributed by atoms with Gasteiger partial charge >= 0.3 is 0 Å². The molecule has 0 saturated heterocycles. The number of nitro benzene ring substituents is 1. The molecule has 1 aromatic carbocycles. The van der Waals surface area contributed by atoms with Gasteiger partial charge in [0.15, 0.2) is 0 Å². The summed E-state index contributed by atoms with van der Waals surface area (Å²) >= 11 is 3.05. The van der Waals surface area contributed by atoms with Gasteiger partial charge in [-0.05, 0) is 35.3 Å². The van der Waals surface area contributed by atoms with Crippen LogP contribution in [0.2, 0.25) is 0 Å². The molecule has 1 rings (SSSR count). The summed E-state index contributed by atoms with van der Waals surface area (Å²) in [5.41, 5.74) is -0.306. The van der Waals surface area contributed by atoms with Crippen LogP contribution >= 0.6 is 15.9 Å². The summed E-state index contributed by atoms with van der Waals surface area (Å²) in [4.78, 5) is 9.77. The number of rotatable bonds is 6. The first kappa shape index (κ1) is 16.0. The van der Waals surface area contributed by atoms with E-state index in [1.807, 2.05) is 0 Å². The van der Waals surface area contributed by atoms with Gasteiger partial charge in [-0.15, -0.1) is 0 Å². The Labute approximate surface area is 119 Å². The highest BCUT2D eigenvalue weighted by Gasteiger charge is 2.20. The van der Waals surface area contributed by atoms with E-state index >= 15 is 0 Å². The van der Waals surface area contributed by atoms with Crippen molar-refractivity contribution in [3.63, 3.8) is 0 Å². The molecule has 0 aromatic heterocycles. The highest BCUT2D eigenvalue weighted by atomic mass is 79.9. The third-order valence-corrected chi connectivity index (χ3v) is 4.72. The third-order valence-electron chi connectivity index (χ3n) is 2.27. The molecule has 0 heterocycles. The zero-order valence-electron chi connectivity index (χ0n) is 10.0. The number of aliphatic hydroxyl groups is 1. The Kier molecular flexibility index (Phi) is 5.41. The molecular weight excluding hydrogens is 340 g/mol. The van der Waals surface area contributed by atoms with Crippen molar-refractivity contribution >= 4 is 31.6 Å². The van der Waals surface area contributed by atoms with Crippen molar-refractivity contribution < 1.29 is 18.4 Å². The molecule has 1 atom stereocenters. The van der Waals surface area contributed by atoms with Crippen LogP contribution in [0, 0.1) is 10.1 Å². The average molecular weight is 353 g/mol. The summed E-state index contributed by atoms with van der Waals surface area (Å²) in [6, 6.07) is 3.50. The maximum atomic E-state index is 12.0. The second kappa shape index (κ2) is 6.42. The zero-order chi connectivity index (χ0) is 14.6. The van der Waals surface area contributed by atoms with Crippen LogP contribution in [0.5, 0.6) is 0 Å². The first-order valence-corrected chi connectivity index (χ1v) is 7.63. The lowest BCUT2D eigenvalue weighted by Gasteiger charge is -2.09. The van der Waals surface area contributed by atoms with Crippen LogP contribution in [-0.2, 0) is 10.0 Å². The number of hydrogen-bond donors (Lipinski definition) is 2. The number of halogens is 1. The molecule has 106 valence electrons. The Balaban J connectivity index is 3.00. The molecule has 0 amide bonds. The Bertz CT molecular complexity index is 573. The predicted molar refractivity (Wildman–Crippen MR) is 72.3 cm³/mol. The van der Waals surface area contributed by atoms with E-state index in [1.54, 1.807) is 0 Å². The van der Waals surface area contributed by atoms with E-state index in [9.17, 15) is 18.5 Å². The summed E-state index contributed by atoms with van der Waals surface area (Å²) in [7, 11) is -3.86. The molecule has 0 fully saturated rings. The third kappa shape index (κ3) is 4.53. The van der Waals surface area contributed by atoms with Crippen molar-refractivity contribution in [1.29, 1.82) is 0 Å². The Hall–Kier alpha value is -1.03. The highest BCUT2D eigenvalue weighted by Crippen LogP contribution is 2.26. The Morgan fingerprint density at radius 2 is 2.16 bits per heavy atom. The normalized spacial score (nSPS) is 13.2. The summed E-state index contributed by atoms with van der Waals surface area (Å²) in [6.45, 7) is 1.59. The van der Waals surface area contributed by atoms with Crippen molar-refractivity contribution in [3.05, 3.63) is 32.8 Å². The van der Waals surface area contributed by atoms with Gasteiger partial charge in [0.1, 0.15) is 4.90 Å². The molecule has 0 spiro atoms. The maximum Gasteiger partial charge on any atom is 0.270 e. The number of nitro groups is 1. The number of nitrogens with zero attached hydrogens (tertiary/aromatic N) is 1. The molecule has 0 aliphatic carbocycles. The summed E-state index contributed by atoms with van der Waals surface area (Å²) in [6.07, 6.45) is -0.373. The summed E-state index contributed by atoms with van der Waals surface area (Å²) < 4.78 is 26.4. The lowest BCUT2D eigenvalue weighted by Crippen LogP contribution is -2.27. The minimum atomic E-state index is -3.86. The van der Waals surface area contributed by atoms with Crippen LogP contribution in [0.3, 0.4) is 0 Å². The Morgan fingerprint density at radius 3 is 2.68 bits per heavy atom. The van der Waals surface area contributed by atoms with Crippen LogP contribution < -0.4 is 4.72 Å². The molecule has 7 nitrogen and oxygen atoms in total.